The van der Waals surface area contributed by atoms with Gasteiger partial charge < -0.3 is 31.3 Å². The number of fused-ring (bicyclic) bond motifs is 5. The highest BCUT2D eigenvalue weighted by atomic mass is 16.6. The Kier molecular flexibility index (Phi) is 6.97. The van der Waals surface area contributed by atoms with Gasteiger partial charge >= 0.3 is 0 Å². The summed E-state index contributed by atoms with van der Waals surface area (Å²) in [4.78, 5) is 5.19. The predicted molar refractivity (Wildman–Crippen MR) is 125 cm³/mol. The fourth-order valence-electron chi connectivity index (χ4n) is 8.16. The van der Waals surface area contributed by atoms with E-state index in [1.54, 1.807) is 0 Å². The van der Waals surface area contributed by atoms with Gasteiger partial charge in [0.05, 0.1) is 17.9 Å². The van der Waals surface area contributed by atoms with Crippen LogP contribution < -0.4 is 11.5 Å². The second-order valence-electron chi connectivity index (χ2n) is 11.5. The van der Waals surface area contributed by atoms with Crippen LogP contribution in [0.5, 0.6) is 0 Å². The summed E-state index contributed by atoms with van der Waals surface area (Å²) >= 11 is 0. The summed E-state index contributed by atoms with van der Waals surface area (Å²) in [5.41, 5.74) is 8.72. The maximum Gasteiger partial charge on any atom is 0.129 e. The standard InChI is InChI=1S/C25H45N3O4/c1-22-8-6-19(31-14-3-12-26)16-18(22)4-5-21-20(22)7-9-23(2)24(29,10-11-25(21,23)30)17-28-32-15-13-27/h17-21,29-30H,3-16,26-27H2,1-2H3/b28-17+/t18-,19+,20+,21-,22+,23-,24+,25+/m1/s1. The zero-order valence-electron chi connectivity index (χ0n) is 20.1. The number of hydrogen-bond donors (Lipinski definition) is 4. The summed E-state index contributed by atoms with van der Waals surface area (Å²) in [5.74, 6) is 1.38. The molecular weight excluding hydrogens is 406 g/mol. The number of nitrogens with zero attached hydrogens (tertiary/aromatic N) is 1. The smallest absolute Gasteiger partial charge is 0.129 e. The molecule has 0 unspecified atom stereocenters. The number of nitrogens with two attached hydrogens (primary N) is 2. The van der Waals surface area contributed by atoms with Gasteiger partial charge in [-0.25, -0.2) is 0 Å². The van der Waals surface area contributed by atoms with E-state index in [-0.39, 0.29) is 11.3 Å². The third kappa shape index (κ3) is 3.72. The molecule has 4 saturated carbocycles. The van der Waals surface area contributed by atoms with E-state index in [0.29, 0.717) is 50.5 Å². The maximum atomic E-state index is 12.2. The summed E-state index contributed by atoms with van der Waals surface area (Å²) in [6.07, 6.45) is 11.4. The molecule has 4 aliphatic rings. The average molecular weight is 452 g/mol. The molecule has 0 bridgehead atoms. The van der Waals surface area contributed by atoms with Gasteiger partial charge in [-0.2, -0.15) is 0 Å². The third-order valence-electron chi connectivity index (χ3n) is 10.3. The van der Waals surface area contributed by atoms with Crippen LogP contribution in [0.4, 0.5) is 0 Å². The van der Waals surface area contributed by atoms with Crippen LogP contribution in [-0.4, -0.2) is 60.0 Å². The number of rotatable bonds is 8. The van der Waals surface area contributed by atoms with Gasteiger partial charge in [-0.1, -0.05) is 19.0 Å². The first kappa shape index (κ1) is 24.4. The Balaban J connectivity index is 1.50. The second kappa shape index (κ2) is 9.14. The molecular formula is C25H45N3O4. The highest BCUT2D eigenvalue weighted by Gasteiger charge is 2.71. The Hall–Kier alpha value is -0.730. The van der Waals surface area contributed by atoms with E-state index in [1.165, 1.54) is 6.21 Å². The first-order valence-electron chi connectivity index (χ1n) is 12.9. The van der Waals surface area contributed by atoms with Gasteiger partial charge in [0.15, 0.2) is 0 Å². The molecule has 0 aromatic rings. The lowest BCUT2D eigenvalue weighted by molar-refractivity contribution is -0.225. The topological polar surface area (TPSA) is 123 Å². The van der Waals surface area contributed by atoms with Crippen molar-refractivity contribution < 1.29 is 19.8 Å². The average Bonchev–Trinajstić information content (AvgIpc) is 2.99. The molecule has 4 rings (SSSR count). The van der Waals surface area contributed by atoms with Gasteiger partial charge in [-0.15, -0.1) is 0 Å². The normalized spacial score (nSPS) is 48.3. The molecule has 32 heavy (non-hydrogen) atoms. The Morgan fingerprint density at radius 2 is 1.75 bits per heavy atom. The Bertz CT molecular complexity index is 692. The number of ether oxygens (including phenoxy) is 1. The molecule has 0 aliphatic heterocycles. The fourth-order valence-corrected chi connectivity index (χ4v) is 8.16. The van der Waals surface area contributed by atoms with E-state index in [9.17, 15) is 10.2 Å². The first-order chi connectivity index (χ1) is 15.2. The van der Waals surface area contributed by atoms with Gasteiger partial charge in [0.1, 0.15) is 12.2 Å². The van der Waals surface area contributed by atoms with Crippen molar-refractivity contribution in [3.8, 4) is 0 Å². The molecule has 0 amide bonds. The van der Waals surface area contributed by atoms with Crippen LogP contribution in [-0.2, 0) is 9.57 Å². The molecule has 0 saturated heterocycles. The lowest BCUT2D eigenvalue weighted by Gasteiger charge is -2.64. The Morgan fingerprint density at radius 1 is 0.938 bits per heavy atom. The highest BCUT2D eigenvalue weighted by molar-refractivity contribution is 5.71. The second-order valence-corrected chi connectivity index (χ2v) is 11.5. The molecule has 0 spiro atoms. The van der Waals surface area contributed by atoms with Gasteiger partial charge in [-0.3, -0.25) is 0 Å². The lowest BCUT2D eigenvalue weighted by atomic mass is 9.43. The van der Waals surface area contributed by atoms with Crippen LogP contribution in [0.3, 0.4) is 0 Å². The molecule has 7 heteroatoms. The van der Waals surface area contributed by atoms with E-state index >= 15 is 0 Å². The van der Waals surface area contributed by atoms with Gasteiger partial charge in [0.25, 0.3) is 0 Å². The van der Waals surface area contributed by atoms with Crippen LogP contribution in [0.15, 0.2) is 5.16 Å². The zero-order valence-corrected chi connectivity index (χ0v) is 20.1. The summed E-state index contributed by atoms with van der Waals surface area (Å²) in [6.45, 7) is 6.71. The summed E-state index contributed by atoms with van der Waals surface area (Å²) < 4.78 is 6.14. The van der Waals surface area contributed by atoms with E-state index in [2.05, 4.69) is 19.0 Å². The molecule has 0 radical (unpaired) electrons. The first-order valence-corrected chi connectivity index (χ1v) is 12.9. The summed E-state index contributed by atoms with van der Waals surface area (Å²) in [5, 5.41) is 27.8. The minimum Gasteiger partial charge on any atom is -0.395 e. The van der Waals surface area contributed by atoms with Gasteiger partial charge in [0, 0.05) is 18.6 Å². The van der Waals surface area contributed by atoms with Gasteiger partial charge in [0.2, 0.25) is 0 Å². The van der Waals surface area contributed by atoms with Crippen LogP contribution >= 0.6 is 0 Å². The largest absolute Gasteiger partial charge is 0.395 e. The van der Waals surface area contributed by atoms with Gasteiger partial charge in [-0.05, 0) is 93.9 Å². The molecule has 6 N–H and O–H groups in total. The third-order valence-corrected chi connectivity index (χ3v) is 10.3. The SMILES string of the molecule is C[C@]12CC[C@H](OCCCN)C[C@H]1CC[C@@H]1[C@@H]2CC[C@]2(C)[C@@](O)(/C=N/OCCN)CC[C@]12O. The minimum absolute atomic E-state index is 0.226. The summed E-state index contributed by atoms with van der Waals surface area (Å²) in [6, 6.07) is 0. The van der Waals surface area contributed by atoms with E-state index in [4.69, 9.17) is 21.0 Å². The summed E-state index contributed by atoms with van der Waals surface area (Å²) in [7, 11) is 0. The molecule has 0 heterocycles. The molecule has 0 aromatic heterocycles. The molecule has 7 nitrogen and oxygen atoms in total. The van der Waals surface area contributed by atoms with E-state index < -0.39 is 16.6 Å². The number of aliphatic hydroxyl groups is 2. The van der Waals surface area contributed by atoms with E-state index in [1.807, 2.05) is 0 Å². The quantitative estimate of drug-likeness (QED) is 0.255. The van der Waals surface area contributed by atoms with Crippen molar-refractivity contribution in [1.29, 1.82) is 0 Å². The monoisotopic (exact) mass is 451 g/mol. The van der Waals surface area contributed by atoms with Crippen molar-refractivity contribution in [3.05, 3.63) is 0 Å². The maximum absolute atomic E-state index is 12.2. The zero-order chi connectivity index (χ0) is 23.0. The van der Waals surface area contributed by atoms with Crippen molar-refractivity contribution >= 4 is 6.21 Å². The van der Waals surface area contributed by atoms with Crippen LogP contribution in [0.2, 0.25) is 0 Å². The van der Waals surface area contributed by atoms with Crippen LogP contribution in [0, 0.1) is 28.6 Å². The minimum atomic E-state index is -1.15. The molecule has 8 atom stereocenters. The van der Waals surface area contributed by atoms with Crippen molar-refractivity contribution in [1.82, 2.24) is 0 Å². The van der Waals surface area contributed by atoms with Crippen molar-refractivity contribution in [2.45, 2.75) is 95.4 Å². The van der Waals surface area contributed by atoms with Crippen molar-refractivity contribution in [3.63, 3.8) is 0 Å². The Morgan fingerprint density at radius 3 is 2.50 bits per heavy atom. The van der Waals surface area contributed by atoms with E-state index in [0.717, 1.165) is 58.0 Å². The number of hydrogen-bond acceptors (Lipinski definition) is 7. The molecule has 4 fully saturated rings. The molecule has 4 aliphatic carbocycles. The van der Waals surface area contributed by atoms with Crippen molar-refractivity contribution in [2.75, 3.05) is 26.3 Å². The lowest BCUT2D eigenvalue weighted by Crippen LogP contribution is -2.65. The Labute approximate surface area is 193 Å². The molecule has 184 valence electrons. The molecule has 0 aromatic carbocycles. The predicted octanol–water partition coefficient (Wildman–Crippen LogP) is 2.57. The van der Waals surface area contributed by atoms with Crippen LogP contribution in [0.1, 0.15) is 78.1 Å². The number of oxime groups is 1. The highest BCUT2D eigenvalue weighted by Crippen LogP contribution is 2.69. The van der Waals surface area contributed by atoms with Crippen molar-refractivity contribution in [2.24, 2.45) is 45.2 Å². The fraction of sp³-hybridized carbons (Fsp3) is 0.960. The van der Waals surface area contributed by atoms with Crippen LogP contribution in [0.25, 0.3) is 0 Å².